The molecule has 1 unspecified atom stereocenters. The van der Waals surface area contributed by atoms with Crippen LogP contribution in [0.1, 0.15) is 49.8 Å². The predicted molar refractivity (Wildman–Crippen MR) is 120 cm³/mol. The third-order valence-corrected chi connectivity index (χ3v) is 5.82. The van der Waals surface area contributed by atoms with E-state index < -0.39 is 10.8 Å². The number of hydrogen-bond donors (Lipinski definition) is 0. The van der Waals surface area contributed by atoms with Gasteiger partial charge in [0.05, 0.1) is 21.3 Å². The van der Waals surface area contributed by atoms with Crippen molar-refractivity contribution in [1.82, 2.24) is 14.8 Å². The second-order valence-corrected chi connectivity index (χ2v) is 8.61. The Morgan fingerprint density at radius 1 is 1.33 bits per heavy atom. The average Bonchev–Trinajstić information content (AvgIpc) is 3.06. The summed E-state index contributed by atoms with van der Waals surface area (Å²) < 4.78 is 26.9. The maximum atomic E-state index is 13.6. The summed E-state index contributed by atoms with van der Waals surface area (Å²) in [7, 11) is 0. The number of aromatic nitrogens is 3. The van der Waals surface area contributed by atoms with E-state index in [4.69, 9.17) is 32.7 Å². The van der Waals surface area contributed by atoms with Gasteiger partial charge in [0.1, 0.15) is 11.9 Å². The van der Waals surface area contributed by atoms with Gasteiger partial charge in [0.2, 0.25) is 0 Å². The average molecular weight is 515 g/mol. The van der Waals surface area contributed by atoms with E-state index in [2.05, 4.69) is 26.0 Å². The molecule has 4 rings (SSSR count). The van der Waals surface area contributed by atoms with E-state index >= 15 is 0 Å². The Bertz CT molecular complexity index is 1080. The first-order valence-corrected chi connectivity index (χ1v) is 11.1. The molecule has 0 bridgehead atoms. The molecule has 3 heterocycles. The van der Waals surface area contributed by atoms with Gasteiger partial charge in [-0.25, -0.2) is 4.68 Å². The van der Waals surface area contributed by atoms with Gasteiger partial charge in [-0.1, -0.05) is 23.2 Å². The Kier molecular flexibility index (Phi) is 6.63. The lowest BCUT2D eigenvalue weighted by Crippen LogP contribution is -2.19. The second kappa shape index (κ2) is 9.22. The van der Waals surface area contributed by atoms with E-state index in [0.29, 0.717) is 33.7 Å². The molecule has 0 radical (unpaired) electrons. The maximum Gasteiger partial charge on any atom is 0.167 e. The molecule has 0 N–H and O–H groups in total. The fraction of sp³-hybridized carbons (Fsp3) is 0.333. The summed E-state index contributed by atoms with van der Waals surface area (Å²) >= 11 is 15.4. The zero-order valence-electron chi connectivity index (χ0n) is 16.1. The maximum absolute atomic E-state index is 13.6. The molecule has 1 aromatic carbocycles. The van der Waals surface area contributed by atoms with E-state index in [1.807, 2.05) is 29.8 Å². The van der Waals surface area contributed by atoms with Crippen molar-refractivity contribution >= 4 is 56.1 Å². The molecule has 0 spiro atoms. The minimum atomic E-state index is -0.506. The highest BCUT2D eigenvalue weighted by atomic mass is 79.9. The van der Waals surface area contributed by atoms with E-state index in [-0.39, 0.29) is 6.23 Å². The molecule has 3 aromatic rings. The van der Waals surface area contributed by atoms with E-state index in [1.165, 1.54) is 18.5 Å². The smallest absolute Gasteiger partial charge is 0.167 e. The van der Waals surface area contributed by atoms with Crippen LogP contribution in [0, 0.1) is 0 Å². The standard InChI is InChI=1S/C21H19BrCl2FN3O2/c1-12(21-15(23)10-26-11-16(21)24)30-13-5-6-18-14(8-13)17(9-19(22)25)27-28(18)20-4-2-3-7-29-20/h5-6,8-12,20H,2-4,7H2,1H3/b19-9-/t12-,20?/m1/s1. The third-order valence-electron chi connectivity index (χ3n) is 4.99. The monoisotopic (exact) mass is 513 g/mol. The highest BCUT2D eigenvalue weighted by Crippen LogP contribution is 2.35. The molecule has 158 valence electrons. The Balaban J connectivity index is 1.71. The van der Waals surface area contributed by atoms with Crippen molar-refractivity contribution in [3.05, 3.63) is 56.6 Å². The first kappa shape index (κ1) is 21.6. The third kappa shape index (κ3) is 4.49. The number of ether oxygens (including phenoxy) is 2. The summed E-state index contributed by atoms with van der Waals surface area (Å²) in [6, 6.07) is 5.59. The van der Waals surface area contributed by atoms with Crippen LogP contribution in [0.15, 0.2) is 35.3 Å². The predicted octanol–water partition coefficient (Wildman–Crippen LogP) is 7.24. The highest BCUT2D eigenvalue weighted by Gasteiger charge is 2.22. The van der Waals surface area contributed by atoms with Crippen LogP contribution in [0.5, 0.6) is 5.75 Å². The van der Waals surface area contributed by atoms with Gasteiger partial charge >= 0.3 is 0 Å². The van der Waals surface area contributed by atoms with Gasteiger partial charge in [0.25, 0.3) is 0 Å². The van der Waals surface area contributed by atoms with Crippen molar-refractivity contribution in [2.45, 2.75) is 38.5 Å². The molecule has 1 aliphatic heterocycles. The summed E-state index contributed by atoms with van der Waals surface area (Å²) in [5.74, 6) is 0.590. The number of rotatable bonds is 5. The molecule has 2 atom stereocenters. The van der Waals surface area contributed by atoms with E-state index in [0.717, 1.165) is 30.2 Å². The zero-order chi connectivity index (χ0) is 21.3. The van der Waals surface area contributed by atoms with E-state index in [1.54, 1.807) is 0 Å². The van der Waals surface area contributed by atoms with Gasteiger partial charge in [-0.15, -0.1) is 0 Å². The lowest BCUT2D eigenvalue weighted by Gasteiger charge is -2.23. The summed E-state index contributed by atoms with van der Waals surface area (Å²) in [6.07, 6.45) is 6.79. The molecule has 5 nitrogen and oxygen atoms in total. The topological polar surface area (TPSA) is 49.2 Å². The van der Waals surface area contributed by atoms with Crippen molar-refractivity contribution in [3.63, 3.8) is 0 Å². The number of hydrogen-bond acceptors (Lipinski definition) is 4. The molecule has 1 aliphatic rings. The lowest BCUT2D eigenvalue weighted by atomic mass is 10.1. The van der Waals surface area contributed by atoms with Crippen LogP contribution in [0.3, 0.4) is 0 Å². The fourth-order valence-electron chi connectivity index (χ4n) is 3.64. The Hall–Kier alpha value is -1.67. The van der Waals surface area contributed by atoms with Gasteiger partial charge in [0, 0.05) is 36.0 Å². The van der Waals surface area contributed by atoms with Gasteiger partial charge in [-0.05, 0) is 60.3 Å². The number of benzene rings is 1. The number of halogens is 4. The Morgan fingerprint density at radius 3 is 2.77 bits per heavy atom. The Labute approximate surface area is 191 Å². The summed E-state index contributed by atoms with van der Waals surface area (Å²) in [4.78, 5) is 3.97. The van der Waals surface area contributed by atoms with Gasteiger partial charge in [0.15, 0.2) is 11.0 Å². The van der Waals surface area contributed by atoms with Gasteiger partial charge < -0.3 is 9.47 Å². The molecular formula is C21H19BrCl2FN3O2. The Morgan fingerprint density at radius 2 is 2.10 bits per heavy atom. The molecule has 0 aliphatic carbocycles. The normalized spacial score (nSPS) is 18.6. The highest BCUT2D eigenvalue weighted by molar-refractivity contribution is 9.11. The molecule has 2 aromatic heterocycles. The van der Waals surface area contributed by atoms with Gasteiger partial charge in [-0.3, -0.25) is 4.98 Å². The lowest BCUT2D eigenvalue weighted by molar-refractivity contribution is -0.0367. The first-order chi connectivity index (χ1) is 14.4. The van der Waals surface area contributed by atoms with Crippen LogP contribution in [0.2, 0.25) is 10.0 Å². The van der Waals surface area contributed by atoms with Crippen molar-refractivity contribution < 1.29 is 13.9 Å². The van der Waals surface area contributed by atoms with Crippen LogP contribution >= 0.6 is 39.1 Å². The van der Waals surface area contributed by atoms with Crippen LogP contribution in [0.4, 0.5) is 4.39 Å². The SMILES string of the molecule is C[C@@H](Oc1ccc2c(c1)c(/C=C(\F)Br)nn2C1CCCCO1)c1c(Cl)cncc1Cl. The summed E-state index contributed by atoms with van der Waals surface area (Å²) in [5, 5.41) is 6.23. The number of fused-ring (bicyclic) bond motifs is 1. The summed E-state index contributed by atoms with van der Waals surface area (Å²) in [6.45, 7) is 2.55. The summed E-state index contributed by atoms with van der Waals surface area (Å²) in [5.41, 5.74) is 2.00. The molecule has 0 amide bonds. The molecule has 0 saturated carbocycles. The minimum absolute atomic E-state index is 0.165. The molecular weight excluding hydrogens is 496 g/mol. The van der Waals surface area contributed by atoms with Gasteiger partial charge in [-0.2, -0.15) is 9.49 Å². The molecule has 30 heavy (non-hydrogen) atoms. The van der Waals surface area contributed by atoms with Crippen molar-refractivity contribution in [1.29, 1.82) is 0 Å². The van der Waals surface area contributed by atoms with Crippen LogP contribution in [-0.2, 0) is 4.74 Å². The van der Waals surface area contributed by atoms with Crippen molar-refractivity contribution in [2.24, 2.45) is 0 Å². The largest absolute Gasteiger partial charge is 0.486 e. The molecule has 1 saturated heterocycles. The first-order valence-electron chi connectivity index (χ1n) is 9.56. The number of nitrogens with zero attached hydrogens (tertiary/aromatic N) is 3. The fourth-order valence-corrected chi connectivity index (χ4v) is 4.52. The molecule has 9 heteroatoms. The van der Waals surface area contributed by atoms with Crippen LogP contribution < -0.4 is 4.74 Å². The molecule has 1 fully saturated rings. The van der Waals surface area contributed by atoms with Crippen molar-refractivity contribution in [3.8, 4) is 5.75 Å². The minimum Gasteiger partial charge on any atom is -0.486 e. The quantitative estimate of drug-likeness (QED) is 0.360. The van der Waals surface area contributed by atoms with E-state index in [9.17, 15) is 4.39 Å². The van der Waals surface area contributed by atoms with Crippen LogP contribution in [0.25, 0.3) is 17.0 Å². The van der Waals surface area contributed by atoms with Crippen LogP contribution in [-0.4, -0.2) is 21.4 Å². The number of pyridine rings is 1. The second-order valence-electron chi connectivity index (χ2n) is 7.04. The van der Waals surface area contributed by atoms with Crippen molar-refractivity contribution in [2.75, 3.05) is 6.61 Å². The zero-order valence-corrected chi connectivity index (χ0v) is 19.2.